The maximum atomic E-state index is 12.7. The molecule has 0 bridgehead atoms. The number of amides is 1. The summed E-state index contributed by atoms with van der Waals surface area (Å²) in [5.41, 5.74) is 0.767. The van der Waals surface area contributed by atoms with E-state index in [1.165, 1.54) is 0 Å². The third-order valence-corrected chi connectivity index (χ3v) is 7.95. The first-order valence-corrected chi connectivity index (χ1v) is 10.7. The summed E-state index contributed by atoms with van der Waals surface area (Å²) < 4.78 is 28.7. The molecule has 0 atom stereocenters. The lowest BCUT2D eigenvalue weighted by Crippen LogP contribution is -2.53. The summed E-state index contributed by atoms with van der Waals surface area (Å²) in [5.74, 6) is 0.169. The van der Waals surface area contributed by atoms with Crippen LogP contribution in [0.5, 0.6) is 0 Å². The molecule has 2 aliphatic heterocycles. The molecule has 0 unspecified atom stereocenters. The molecule has 0 radical (unpaired) electrons. The zero-order valence-corrected chi connectivity index (χ0v) is 15.2. The lowest BCUT2D eigenvalue weighted by atomic mass is 10.0. The highest BCUT2D eigenvalue weighted by atomic mass is 32.2. The van der Waals surface area contributed by atoms with Gasteiger partial charge in [-0.05, 0) is 19.3 Å². The van der Waals surface area contributed by atoms with E-state index in [9.17, 15) is 13.2 Å². The van der Waals surface area contributed by atoms with Crippen molar-refractivity contribution in [3.05, 3.63) is 11.9 Å². The fourth-order valence-electron chi connectivity index (χ4n) is 4.00. The van der Waals surface area contributed by atoms with Crippen molar-refractivity contribution in [2.24, 2.45) is 0 Å². The minimum Gasteiger partial charge on any atom is -0.337 e. The predicted octanol–water partition coefficient (Wildman–Crippen LogP) is 0.920. The molecule has 138 valence electrons. The van der Waals surface area contributed by atoms with E-state index in [-0.39, 0.29) is 17.2 Å². The number of rotatable bonds is 5. The number of likely N-dealkylation sites (tertiary alicyclic amines) is 1. The summed E-state index contributed by atoms with van der Waals surface area (Å²) in [7, 11) is -3.17. The summed E-state index contributed by atoms with van der Waals surface area (Å²) in [6.45, 7) is 2.23. The Hall–Kier alpha value is -1.48. The SMILES string of the molecule is O=C1CCCN1Cc1cn(C2CN(S(=O)(=O)C3CCCCC3)C2)nn1. The van der Waals surface area contributed by atoms with Gasteiger partial charge in [-0.1, -0.05) is 24.5 Å². The Bertz CT molecular complexity index is 735. The minimum atomic E-state index is -3.17. The van der Waals surface area contributed by atoms with Gasteiger partial charge in [0.25, 0.3) is 0 Å². The van der Waals surface area contributed by atoms with Gasteiger partial charge in [0.2, 0.25) is 15.9 Å². The molecule has 9 heteroatoms. The van der Waals surface area contributed by atoms with Crippen LogP contribution < -0.4 is 0 Å². The molecule has 4 rings (SSSR count). The highest BCUT2D eigenvalue weighted by molar-refractivity contribution is 7.89. The average molecular weight is 367 g/mol. The Morgan fingerprint density at radius 2 is 1.88 bits per heavy atom. The topological polar surface area (TPSA) is 88.4 Å². The van der Waals surface area contributed by atoms with Gasteiger partial charge in [0, 0.05) is 26.1 Å². The number of sulfonamides is 1. The van der Waals surface area contributed by atoms with E-state index in [0.29, 0.717) is 26.1 Å². The van der Waals surface area contributed by atoms with E-state index in [1.54, 1.807) is 13.9 Å². The van der Waals surface area contributed by atoms with Gasteiger partial charge >= 0.3 is 0 Å². The van der Waals surface area contributed by atoms with E-state index < -0.39 is 10.0 Å². The van der Waals surface area contributed by atoms with Crippen molar-refractivity contribution in [3.8, 4) is 0 Å². The molecule has 1 aromatic rings. The Kier molecular flexibility index (Phi) is 4.53. The Labute approximate surface area is 148 Å². The Morgan fingerprint density at radius 1 is 1.12 bits per heavy atom. The zero-order valence-electron chi connectivity index (χ0n) is 14.4. The number of carbonyl (C=O) groups is 1. The van der Waals surface area contributed by atoms with Gasteiger partial charge in [-0.2, -0.15) is 4.31 Å². The molecule has 3 aliphatic rings. The summed E-state index contributed by atoms with van der Waals surface area (Å²) in [6, 6.07) is 0.0499. The van der Waals surface area contributed by atoms with Crippen LogP contribution >= 0.6 is 0 Å². The number of hydrogen-bond acceptors (Lipinski definition) is 5. The summed E-state index contributed by atoms with van der Waals surface area (Å²) >= 11 is 0. The zero-order chi connectivity index (χ0) is 17.4. The van der Waals surface area contributed by atoms with Crippen molar-refractivity contribution in [2.45, 2.75) is 62.8 Å². The third kappa shape index (κ3) is 3.31. The minimum absolute atomic E-state index is 0.0499. The van der Waals surface area contributed by atoms with Gasteiger partial charge in [-0.25, -0.2) is 13.1 Å². The highest BCUT2D eigenvalue weighted by Gasteiger charge is 2.41. The van der Waals surface area contributed by atoms with Crippen LogP contribution in [0.2, 0.25) is 0 Å². The number of nitrogens with zero attached hydrogens (tertiary/aromatic N) is 5. The number of aromatic nitrogens is 3. The smallest absolute Gasteiger partial charge is 0.222 e. The fourth-order valence-corrected chi connectivity index (χ4v) is 6.11. The first-order chi connectivity index (χ1) is 12.0. The van der Waals surface area contributed by atoms with E-state index >= 15 is 0 Å². The number of carbonyl (C=O) groups excluding carboxylic acids is 1. The van der Waals surface area contributed by atoms with Crippen molar-refractivity contribution in [1.29, 1.82) is 0 Å². The van der Waals surface area contributed by atoms with Gasteiger partial charge in [-0.3, -0.25) is 4.79 Å². The maximum Gasteiger partial charge on any atom is 0.222 e. The second-order valence-electron chi connectivity index (χ2n) is 7.38. The molecule has 25 heavy (non-hydrogen) atoms. The van der Waals surface area contributed by atoms with Gasteiger partial charge in [0.1, 0.15) is 5.69 Å². The molecule has 1 saturated carbocycles. The van der Waals surface area contributed by atoms with E-state index in [4.69, 9.17) is 0 Å². The molecule has 8 nitrogen and oxygen atoms in total. The normalized spacial score (nSPS) is 24.0. The molecule has 1 aromatic heterocycles. The fraction of sp³-hybridized carbons (Fsp3) is 0.812. The predicted molar refractivity (Wildman–Crippen MR) is 91.1 cm³/mol. The van der Waals surface area contributed by atoms with Gasteiger partial charge in [-0.15, -0.1) is 5.10 Å². The monoisotopic (exact) mass is 367 g/mol. The second kappa shape index (κ2) is 6.68. The molecule has 0 spiro atoms. The van der Waals surface area contributed by atoms with Gasteiger partial charge < -0.3 is 4.90 Å². The molecular weight excluding hydrogens is 342 g/mol. The summed E-state index contributed by atoms with van der Waals surface area (Å²) in [6.07, 6.45) is 8.14. The van der Waals surface area contributed by atoms with Crippen LogP contribution in [-0.2, 0) is 21.4 Å². The van der Waals surface area contributed by atoms with Crippen LogP contribution in [0.1, 0.15) is 56.7 Å². The Balaban J connectivity index is 1.34. The number of hydrogen-bond donors (Lipinski definition) is 0. The Morgan fingerprint density at radius 3 is 2.56 bits per heavy atom. The first-order valence-electron chi connectivity index (χ1n) is 9.21. The standard InChI is InChI=1S/C16H25N5O3S/c22-16-7-4-8-19(16)9-13-10-21(18-17-13)14-11-20(12-14)25(23,24)15-5-2-1-3-6-15/h10,14-15H,1-9,11-12H2. The van der Waals surface area contributed by atoms with E-state index in [2.05, 4.69) is 10.3 Å². The highest BCUT2D eigenvalue weighted by Crippen LogP contribution is 2.31. The lowest BCUT2D eigenvalue weighted by Gasteiger charge is -2.40. The summed E-state index contributed by atoms with van der Waals surface area (Å²) in [4.78, 5) is 13.5. The molecule has 1 amide bonds. The lowest BCUT2D eigenvalue weighted by molar-refractivity contribution is -0.128. The van der Waals surface area contributed by atoms with Crippen LogP contribution in [0.25, 0.3) is 0 Å². The van der Waals surface area contributed by atoms with Crippen LogP contribution in [0.15, 0.2) is 6.20 Å². The third-order valence-electron chi connectivity index (χ3n) is 5.62. The quantitative estimate of drug-likeness (QED) is 0.772. The van der Waals surface area contributed by atoms with Gasteiger partial charge in [0.15, 0.2) is 0 Å². The molecule has 3 heterocycles. The molecular formula is C16H25N5O3S. The molecule has 3 fully saturated rings. The van der Waals surface area contributed by atoms with Crippen molar-refractivity contribution < 1.29 is 13.2 Å². The van der Waals surface area contributed by atoms with Gasteiger partial charge in [0.05, 0.1) is 24.0 Å². The molecule has 0 aromatic carbocycles. The maximum absolute atomic E-state index is 12.7. The van der Waals surface area contributed by atoms with Crippen molar-refractivity contribution >= 4 is 15.9 Å². The molecule has 2 saturated heterocycles. The van der Waals surface area contributed by atoms with Crippen LogP contribution in [0.3, 0.4) is 0 Å². The summed E-state index contributed by atoms with van der Waals surface area (Å²) in [5, 5.41) is 8.09. The first kappa shape index (κ1) is 17.0. The van der Waals surface area contributed by atoms with Crippen LogP contribution in [0.4, 0.5) is 0 Å². The average Bonchev–Trinajstić information content (AvgIpc) is 3.17. The second-order valence-corrected chi connectivity index (χ2v) is 9.60. The van der Waals surface area contributed by atoms with E-state index in [1.807, 2.05) is 6.20 Å². The van der Waals surface area contributed by atoms with Crippen molar-refractivity contribution in [3.63, 3.8) is 0 Å². The van der Waals surface area contributed by atoms with Crippen LogP contribution in [-0.4, -0.2) is 63.4 Å². The van der Waals surface area contributed by atoms with E-state index in [0.717, 1.165) is 50.8 Å². The molecule has 1 aliphatic carbocycles. The largest absolute Gasteiger partial charge is 0.337 e. The molecule has 0 N–H and O–H groups in total. The van der Waals surface area contributed by atoms with Crippen molar-refractivity contribution in [1.82, 2.24) is 24.2 Å². The van der Waals surface area contributed by atoms with Crippen molar-refractivity contribution in [2.75, 3.05) is 19.6 Å². The van der Waals surface area contributed by atoms with Crippen LogP contribution in [0, 0.1) is 0 Å².